The zero-order valence-electron chi connectivity index (χ0n) is 14.0. The van der Waals surface area contributed by atoms with E-state index in [1.54, 1.807) is 11.3 Å². The number of nitrogens with zero attached hydrogens (tertiary/aromatic N) is 1. The Morgan fingerprint density at radius 2 is 1.92 bits per heavy atom. The van der Waals surface area contributed by atoms with E-state index in [1.807, 2.05) is 73.0 Å². The minimum atomic E-state index is -0.202. The number of hydrogen-bond acceptors (Lipinski definition) is 3. The van der Waals surface area contributed by atoms with Gasteiger partial charge >= 0.3 is 0 Å². The van der Waals surface area contributed by atoms with Crippen molar-refractivity contribution in [3.8, 4) is 10.6 Å². The average molecular weight is 379 g/mol. The van der Waals surface area contributed by atoms with Crippen LogP contribution in [0.5, 0.6) is 0 Å². The number of benzene rings is 2. The van der Waals surface area contributed by atoms with E-state index in [0.29, 0.717) is 16.3 Å². The summed E-state index contributed by atoms with van der Waals surface area (Å²) in [7, 11) is 0. The molecule has 5 heteroatoms. The Balaban J connectivity index is 1.80. The maximum absolute atomic E-state index is 13.0. The summed E-state index contributed by atoms with van der Waals surface area (Å²) < 4.78 is 0. The Hall–Kier alpha value is -2.69. The first-order valence-corrected chi connectivity index (χ1v) is 9.39. The van der Waals surface area contributed by atoms with Crippen molar-refractivity contribution in [1.29, 1.82) is 0 Å². The summed E-state index contributed by atoms with van der Waals surface area (Å²) in [5.41, 5.74) is 3.80. The molecule has 0 atom stereocenters. The maximum atomic E-state index is 13.0. The van der Waals surface area contributed by atoms with Crippen molar-refractivity contribution in [2.24, 2.45) is 0 Å². The van der Waals surface area contributed by atoms with Gasteiger partial charge in [-0.2, -0.15) is 0 Å². The number of fused-ring (bicyclic) bond motifs is 1. The monoisotopic (exact) mass is 378 g/mol. The van der Waals surface area contributed by atoms with E-state index in [-0.39, 0.29) is 5.91 Å². The molecule has 128 valence electrons. The summed E-state index contributed by atoms with van der Waals surface area (Å²) in [5.74, 6) is -0.202. The SMILES string of the molecule is Cc1ccc(NC(=O)c2cc(-c3cccs3)nc3ccccc23)c(Cl)c1. The third kappa shape index (κ3) is 3.21. The number of nitrogens with one attached hydrogen (secondary N) is 1. The van der Waals surface area contributed by atoms with Crippen molar-refractivity contribution in [2.75, 3.05) is 5.32 Å². The fraction of sp³-hybridized carbons (Fsp3) is 0.0476. The molecule has 0 aliphatic heterocycles. The van der Waals surface area contributed by atoms with Crippen LogP contribution >= 0.6 is 22.9 Å². The fourth-order valence-electron chi connectivity index (χ4n) is 2.82. The Labute approximate surface area is 160 Å². The smallest absolute Gasteiger partial charge is 0.256 e. The van der Waals surface area contributed by atoms with Crippen LogP contribution in [0.15, 0.2) is 66.0 Å². The largest absolute Gasteiger partial charge is 0.321 e. The lowest BCUT2D eigenvalue weighted by Gasteiger charge is -2.11. The molecule has 0 spiro atoms. The number of thiophene rings is 1. The van der Waals surface area contributed by atoms with Crippen LogP contribution < -0.4 is 5.32 Å². The zero-order valence-corrected chi connectivity index (χ0v) is 15.6. The summed E-state index contributed by atoms with van der Waals surface area (Å²) in [5, 5.41) is 6.26. The molecule has 0 fully saturated rings. The predicted octanol–water partition coefficient (Wildman–Crippen LogP) is 6.18. The molecule has 0 saturated carbocycles. The highest BCUT2D eigenvalue weighted by Gasteiger charge is 2.15. The van der Waals surface area contributed by atoms with Crippen molar-refractivity contribution in [2.45, 2.75) is 6.92 Å². The molecule has 4 rings (SSSR count). The third-order valence-electron chi connectivity index (χ3n) is 4.11. The lowest BCUT2D eigenvalue weighted by molar-refractivity contribution is 0.102. The Morgan fingerprint density at radius 3 is 2.69 bits per heavy atom. The van der Waals surface area contributed by atoms with Crippen LogP contribution in [0.2, 0.25) is 5.02 Å². The highest BCUT2D eigenvalue weighted by Crippen LogP contribution is 2.29. The van der Waals surface area contributed by atoms with Gasteiger partial charge in [0, 0.05) is 5.39 Å². The molecule has 1 N–H and O–H groups in total. The molecule has 26 heavy (non-hydrogen) atoms. The van der Waals surface area contributed by atoms with Gasteiger partial charge in [0.25, 0.3) is 5.91 Å². The number of aromatic nitrogens is 1. The molecule has 0 aliphatic rings. The van der Waals surface area contributed by atoms with Gasteiger partial charge in [-0.3, -0.25) is 4.79 Å². The molecule has 2 aromatic carbocycles. The van der Waals surface area contributed by atoms with E-state index < -0.39 is 0 Å². The number of halogens is 1. The minimum Gasteiger partial charge on any atom is -0.321 e. The topological polar surface area (TPSA) is 42.0 Å². The van der Waals surface area contributed by atoms with E-state index in [1.165, 1.54) is 0 Å². The number of aryl methyl sites for hydroxylation is 1. The molecule has 0 aliphatic carbocycles. The minimum absolute atomic E-state index is 0.202. The highest BCUT2D eigenvalue weighted by atomic mass is 35.5. The van der Waals surface area contributed by atoms with Crippen LogP contribution in [0.1, 0.15) is 15.9 Å². The highest BCUT2D eigenvalue weighted by molar-refractivity contribution is 7.13. The number of para-hydroxylation sites is 1. The third-order valence-corrected chi connectivity index (χ3v) is 5.31. The van der Waals surface area contributed by atoms with E-state index in [2.05, 4.69) is 5.32 Å². The van der Waals surface area contributed by atoms with Crippen molar-refractivity contribution in [3.05, 3.63) is 82.2 Å². The van der Waals surface area contributed by atoms with Crippen LogP contribution in [0.3, 0.4) is 0 Å². The summed E-state index contributed by atoms with van der Waals surface area (Å²) in [6.45, 7) is 1.96. The second-order valence-corrected chi connectivity index (χ2v) is 7.34. The van der Waals surface area contributed by atoms with Crippen molar-refractivity contribution >= 4 is 45.4 Å². The summed E-state index contributed by atoms with van der Waals surface area (Å²) >= 11 is 7.86. The summed E-state index contributed by atoms with van der Waals surface area (Å²) in [6.07, 6.45) is 0. The van der Waals surface area contributed by atoms with Gasteiger partial charge in [-0.1, -0.05) is 41.9 Å². The van der Waals surface area contributed by atoms with E-state index in [4.69, 9.17) is 16.6 Å². The van der Waals surface area contributed by atoms with Gasteiger partial charge in [0.1, 0.15) is 0 Å². The number of amides is 1. The number of pyridine rings is 1. The van der Waals surface area contributed by atoms with Crippen LogP contribution in [-0.2, 0) is 0 Å². The van der Waals surface area contributed by atoms with E-state index in [9.17, 15) is 4.79 Å². The van der Waals surface area contributed by atoms with Gasteiger partial charge < -0.3 is 5.32 Å². The number of anilines is 1. The molecular formula is C21H15ClN2OS. The number of hydrogen-bond donors (Lipinski definition) is 1. The molecule has 0 unspecified atom stereocenters. The van der Waals surface area contributed by atoms with Crippen LogP contribution in [-0.4, -0.2) is 10.9 Å². The van der Waals surface area contributed by atoms with E-state index >= 15 is 0 Å². The molecule has 4 aromatic rings. The first kappa shape index (κ1) is 16.8. The zero-order chi connectivity index (χ0) is 18.1. The van der Waals surface area contributed by atoms with Gasteiger partial charge in [-0.25, -0.2) is 4.98 Å². The Kier molecular flexibility index (Phi) is 4.45. The van der Waals surface area contributed by atoms with Crippen LogP contribution in [0.25, 0.3) is 21.5 Å². The van der Waals surface area contributed by atoms with Crippen molar-refractivity contribution in [1.82, 2.24) is 4.98 Å². The van der Waals surface area contributed by atoms with Gasteiger partial charge in [0.05, 0.1) is 32.4 Å². The number of rotatable bonds is 3. The summed E-state index contributed by atoms with van der Waals surface area (Å²) in [6, 6.07) is 19.0. The molecule has 1 amide bonds. The Bertz CT molecular complexity index is 1110. The molecule has 2 aromatic heterocycles. The average Bonchev–Trinajstić information content (AvgIpc) is 3.18. The number of carbonyl (C=O) groups is 1. The summed E-state index contributed by atoms with van der Waals surface area (Å²) in [4.78, 5) is 18.7. The van der Waals surface area contributed by atoms with Gasteiger partial charge in [0.2, 0.25) is 0 Å². The molecule has 2 heterocycles. The lowest BCUT2D eigenvalue weighted by Crippen LogP contribution is -2.13. The second-order valence-electron chi connectivity index (χ2n) is 5.99. The van der Waals surface area contributed by atoms with Crippen LogP contribution in [0, 0.1) is 6.92 Å². The molecule has 0 saturated heterocycles. The molecule has 0 bridgehead atoms. The van der Waals surface area contributed by atoms with E-state index in [0.717, 1.165) is 27.0 Å². The lowest BCUT2D eigenvalue weighted by atomic mass is 10.1. The van der Waals surface area contributed by atoms with Crippen LogP contribution in [0.4, 0.5) is 5.69 Å². The molecular weight excluding hydrogens is 364 g/mol. The Morgan fingerprint density at radius 1 is 1.08 bits per heavy atom. The fourth-order valence-corrected chi connectivity index (χ4v) is 3.79. The van der Waals surface area contributed by atoms with Gasteiger partial charge in [-0.05, 0) is 48.2 Å². The number of carbonyl (C=O) groups excluding carboxylic acids is 1. The van der Waals surface area contributed by atoms with Crippen molar-refractivity contribution < 1.29 is 4.79 Å². The van der Waals surface area contributed by atoms with Gasteiger partial charge in [-0.15, -0.1) is 11.3 Å². The van der Waals surface area contributed by atoms with Crippen molar-refractivity contribution in [3.63, 3.8) is 0 Å². The first-order chi connectivity index (χ1) is 12.6. The quantitative estimate of drug-likeness (QED) is 0.462. The molecule has 3 nitrogen and oxygen atoms in total. The van der Waals surface area contributed by atoms with Gasteiger partial charge in [0.15, 0.2) is 0 Å². The second kappa shape index (κ2) is 6.90. The maximum Gasteiger partial charge on any atom is 0.256 e. The first-order valence-electron chi connectivity index (χ1n) is 8.13. The normalized spacial score (nSPS) is 10.8. The molecule has 0 radical (unpaired) electrons. The standard InChI is InChI=1S/C21H15ClN2OS/c1-13-8-9-18(16(22)11-13)24-21(25)15-12-19(20-7-4-10-26-20)23-17-6-3-2-5-14(15)17/h2-12H,1H3,(H,24,25). The predicted molar refractivity (Wildman–Crippen MR) is 109 cm³/mol.